The highest BCUT2D eigenvalue weighted by Crippen LogP contribution is 2.19. The first kappa shape index (κ1) is 6.67. The Hall–Kier alpha value is -1.03. The lowest BCUT2D eigenvalue weighted by molar-refractivity contribution is 1.27. The normalized spacial score (nSPS) is 10.6. The first-order valence-electron chi connectivity index (χ1n) is 3.17. The summed E-state index contributed by atoms with van der Waals surface area (Å²) in [5, 5.41) is 0. The number of imidazole rings is 1. The Morgan fingerprint density at radius 2 is 2.27 bits per heavy atom. The highest BCUT2D eigenvalue weighted by Gasteiger charge is 2.01. The standard InChI is InChI=1S/C7H6BrN3/c8-7-10-5-3-1-2-4(9)6(5)11-7/h1-3H,9H2,(H,10,11). The van der Waals surface area contributed by atoms with E-state index in [0.29, 0.717) is 10.4 Å². The van der Waals surface area contributed by atoms with Crippen LogP contribution in [0.5, 0.6) is 0 Å². The Balaban J connectivity index is 2.90. The van der Waals surface area contributed by atoms with Crippen molar-refractivity contribution in [3.05, 3.63) is 22.9 Å². The topological polar surface area (TPSA) is 54.7 Å². The molecule has 0 fully saturated rings. The number of hydrogen-bond donors (Lipinski definition) is 2. The number of benzene rings is 1. The zero-order chi connectivity index (χ0) is 7.84. The average molecular weight is 212 g/mol. The van der Waals surface area contributed by atoms with Crippen LogP contribution in [-0.2, 0) is 0 Å². The van der Waals surface area contributed by atoms with Crippen LogP contribution in [0.15, 0.2) is 22.9 Å². The van der Waals surface area contributed by atoms with Crippen molar-refractivity contribution in [1.82, 2.24) is 9.97 Å². The first-order valence-corrected chi connectivity index (χ1v) is 3.96. The summed E-state index contributed by atoms with van der Waals surface area (Å²) in [5.74, 6) is 0. The molecule has 4 heteroatoms. The second-order valence-electron chi connectivity index (χ2n) is 2.27. The van der Waals surface area contributed by atoms with E-state index < -0.39 is 0 Å². The second-order valence-corrected chi connectivity index (χ2v) is 3.02. The third-order valence-electron chi connectivity index (χ3n) is 1.52. The summed E-state index contributed by atoms with van der Waals surface area (Å²) in [6.07, 6.45) is 0. The number of rotatable bonds is 0. The number of halogens is 1. The SMILES string of the molecule is Nc1cccc2[nH]c(Br)nc12. The number of nitrogens with zero attached hydrogens (tertiary/aromatic N) is 1. The molecule has 0 atom stereocenters. The molecule has 2 rings (SSSR count). The maximum atomic E-state index is 5.67. The number of nitrogens with two attached hydrogens (primary N) is 1. The molecule has 56 valence electrons. The molecule has 3 N–H and O–H groups in total. The van der Waals surface area contributed by atoms with Gasteiger partial charge in [0, 0.05) is 0 Å². The fraction of sp³-hybridized carbons (Fsp3) is 0. The van der Waals surface area contributed by atoms with Crippen LogP contribution in [0.2, 0.25) is 0 Å². The molecule has 3 nitrogen and oxygen atoms in total. The lowest BCUT2D eigenvalue weighted by Gasteiger charge is -1.90. The summed E-state index contributed by atoms with van der Waals surface area (Å²) in [4.78, 5) is 7.17. The molecule has 0 unspecified atom stereocenters. The lowest BCUT2D eigenvalue weighted by Crippen LogP contribution is -1.84. The molecule has 0 aliphatic rings. The maximum Gasteiger partial charge on any atom is 0.175 e. The quantitative estimate of drug-likeness (QED) is 0.655. The van der Waals surface area contributed by atoms with Gasteiger partial charge in [0.15, 0.2) is 4.73 Å². The summed E-state index contributed by atoms with van der Waals surface area (Å²) in [5.41, 5.74) is 8.14. The van der Waals surface area contributed by atoms with Crippen LogP contribution in [0.25, 0.3) is 11.0 Å². The molecule has 0 radical (unpaired) electrons. The largest absolute Gasteiger partial charge is 0.397 e. The van der Waals surface area contributed by atoms with Crippen molar-refractivity contribution >= 4 is 32.7 Å². The number of nitrogen functional groups attached to an aromatic ring is 1. The van der Waals surface area contributed by atoms with Crippen LogP contribution in [-0.4, -0.2) is 9.97 Å². The average Bonchev–Trinajstić information content (AvgIpc) is 2.31. The maximum absolute atomic E-state index is 5.67. The van der Waals surface area contributed by atoms with Crippen LogP contribution in [0, 0.1) is 0 Å². The minimum absolute atomic E-state index is 0.699. The van der Waals surface area contributed by atoms with Crippen LogP contribution in [0.3, 0.4) is 0 Å². The number of aromatic amines is 1. The summed E-state index contributed by atoms with van der Waals surface area (Å²) in [6, 6.07) is 5.65. The van der Waals surface area contributed by atoms with Crippen molar-refractivity contribution in [2.24, 2.45) is 0 Å². The molecule has 0 saturated heterocycles. The molecule has 1 aromatic carbocycles. The van der Waals surface area contributed by atoms with Crippen LogP contribution in [0.1, 0.15) is 0 Å². The molecule has 0 spiro atoms. The fourth-order valence-corrected chi connectivity index (χ4v) is 1.42. The summed E-state index contributed by atoms with van der Waals surface area (Å²) < 4.78 is 0.713. The van der Waals surface area contributed by atoms with Gasteiger partial charge in [0.25, 0.3) is 0 Å². The van der Waals surface area contributed by atoms with E-state index in [1.807, 2.05) is 18.2 Å². The molecule has 11 heavy (non-hydrogen) atoms. The third kappa shape index (κ3) is 0.991. The Bertz CT molecular complexity index is 393. The third-order valence-corrected chi connectivity index (χ3v) is 1.89. The number of hydrogen-bond acceptors (Lipinski definition) is 2. The molecule has 0 aliphatic heterocycles. The van der Waals surface area contributed by atoms with E-state index in [2.05, 4.69) is 25.9 Å². The monoisotopic (exact) mass is 211 g/mol. The van der Waals surface area contributed by atoms with Crippen molar-refractivity contribution < 1.29 is 0 Å². The molecule has 0 amide bonds. The van der Waals surface area contributed by atoms with Crippen LogP contribution >= 0.6 is 15.9 Å². The lowest BCUT2D eigenvalue weighted by atomic mass is 10.3. The van der Waals surface area contributed by atoms with E-state index in [0.717, 1.165) is 11.0 Å². The Morgan fingerprint density at radius 1 is 1.45 bits per heavy atom. The Labute approximate surface area is 71.7 Å². The number of fused-ring (bicyclic) bond motifs is 1. The van der Waals surface area contributed by atoms with Gasteiger partial charge in [0.2, 0.25) is 0 Å². The number of H-pyrrole nitrogens is 1. The number of para-hydroxylation sites is 1. The van der Waals surface area contributed by atoms with Gasteiger partial charge in [0.05, 0.1) is 11.2 Å². The van der Waals surface area contributed by atoms with Gasteiger partial charge in [0.1, 0.15) is 5.52 Å². The number of nitrogens with one attached hydrogen (secondary N) is 1. The van der Waals surface area contributed by atoms with E-state index in [1.54, 1.807) is 0 Å². The van der Waals surface area contributed by atoms with Crippen LogP contribution < -0.4 is 5.73 Å². The molecule has 0 aliphatic carbocycles. The number of aromatic nitrogens is 2. The summed E-state index contributed by atoms with van der Waals surface area (Å²) in [7, 11) is 0. The zero-order valence-corrected chi connectivity index (χ0v) is 7.22. The molecular formula is C7H6BrN3. The van der Waals surface area contributed by atoms with Gasteiger partial charge in [-0.2, -0.15) is 0 Å². The molecule has 2 aromatic rings. The van der Waals surface area contributed by atoms with E-state index >= 15 is 0 Å². The van der Waals surface area contributed by atoms with Gasteiger partial charge < -0.3 is 10.7 Å². The van der Waals surface area contributed by atoms with E-state index in [4.69, 9.17) is 5.73 Å². The molecule has 0 bridgehead atoms. The van der Waals surface area contributed by atoms with Gasteiger partial charge in [-0.25, -0.2) is 4.98 Å². The van der Waals surface area contributed by atoms with Crippen LogP contribution in [0.4, 0.5) is 5.69 Å². The van der Waals surface area contributed by atoms with Crippen molar-refractivity contribution in [1.29, 1.82) is 0 Å². The van der Waals surface area contributed by atoms with Gasteiger partial charge in [-0.15, -0.1) is 0 Å². The van der Waals surface area contributed by atoms with Gasteiger partial charge in [-0.1, -0.05) is 6.07 Å². The molecule has 1 aromatic heterocycles. The van der Waals surface area contributed by atoms with E-state index in [1.165, 1.54) is 0 Å². The Morgan fingerprint density at radius 3 is 3.00 bits per heavy atom. The van der Waals surface area contributed by atoms with Gasteiger partial charge in [-0.3, -0.25) is 0 Å². The van der Waals surface area contributed by atoms with Crippen molar-refractivity contribution in [3.8, 4) is 0 Å². The zero-order valence-electron chi connectivity index (χ0n) is 5.63. The fourth-order valence-electron chi connectivity index (χ4n) is 1.02. The predicted molar refractivity (Wildman–Crippen MR) is 48.2 cm³/mol. The minimum Gasteiger partial charge on any atom is -0.397 e. The molecular weight excluding hydrogens is 206 g/mol. The summed E-state index contributed by atoms with van der Waals surface area (Å²) in [6.45, 7) is 0. The van der Waals surface area contributed by atoms with E-state index in [9.17, 15) is 0 Å². The first-order chi connectivity index (χ1) is 5.27. The smallest absolute Gasteiger partial charge is 0.175 e. The Kier molecular flexibility index (Phi) is 1.35. The van der Waals surface area contributed by atoms with Crippen molar-refractivity contribution in [3.63, 3.8) is 0 Å². The second kappa shape index (κ2) is 2.23. The molecule has 1 heterocycles. The van der Waals surface area contributed by atoms with Gasteiger partial charge >= 0.3 is 0 Å². The molecule has 0 saturated carbocycles. The van der Waals surface area contributed by atoms with Crippen molar-refractivity contribution in [2.45, 2.75) is 0 Å². The summed E-state index contributed by atoms with van der Waals surface area (Å²) >= 11 is 3.24. The van der Waals surface area contributed by atoms with Crippen molar-refractivity contribution in [2.75, 3.05) is 5.73 Å². The van der Waals surface area contributed by atoms with E-state index in [-0.39, 0.29) is 0 Å². The minimum atomic E-state index is 0.699. The number of anilines is 1. The highest BCUT2D eigenvalue weighted by atomic mass is 79.9. The highest BCUT2D eigenvalue weighted by molar-refractivity contribution is 9.10. The van der Waals surface area contributed by atoms with Gasteiger partial charge in [-0.05, 0) is 28.1 Å². The predicted octanol–water partition coefficient (Wildman–Crippen LogP) is 1.91.